The molecule has 0 radical (unpaired) electrons. The minimum Gasteiger partial charge on any atom is -0.381 e. The summed E-state index contributed by atoms with van der Waals surface area (Å²) in [5.41, 5.74) is -0.269. The van der Waals surface area contributed by atoms with Crippen molar-refractivity contribution in [1.29, 1.82) is 5.26 Å². The molecular formula is C15H26N2O. The molecule has 0 aromatic carbocycles. The van der Waals surface area contributed by atoms with Gasteiger partial charge in [-0.15, -0.1) is 0 Å². The summed E-state index contributed by atoms with van der Waals surface area (Å²) in [6.07, 6.45) is 8.43. The topological polar surface area (TPSA) is 45.0 Å². The van der Waals surface area contributed by atoms with Gasteiger partial charge in [0.2, 0.25) is 0 Å². The summed E-state index contributed by atoms with van der Waals surface area (Å²) in [6, 6.07) is 2.53. The van der Waals surface area contributed by atoms with E-state index >= 15 is 0 Å². The third-order valence-electron chi connectivity index (χ3n) is 4.49. The third-order valence-corrected chi connectivity index (χ3v) is 4.49. The molecule has 0 heterocycles. The van der Waals surface area contributed by atoms with E-state index in [1.165, 1.54) is 32.1 Å². The third kappa shape index (κ3) is 3.46. The van der Waals surface area contributed by atoms with Crippen molar-refractivity contribution in [1.82, 2.24) is 5.32 Å². The number of nitrogens with one attached hydrogen (secondary N) is 1. The Morgan fingerprint density at radius 2 is 2.06 bits per heavy atom. The Balaban J connectivity index is 1.67. The Morgan fingerprint density at radius 1 is 1.28 bits per heavy atom. The van der Waals surface area contributed by atoms with Crippen molar-refractivity contribution in [2.75, 3.05) is 19.8 Å². The number of hydrogen-bond acceptors (Lipinski definition) is 3. The van der Waals surface area contributed by atoms with Crippen LogP contribution in [0.3, 0.4) is 0 Å². The molecule has 3 nitrogen and oxygen atoms in total. The van der Waals surface area contributed by atoms with E-state index in [2.05, 4.69) is 18.3 Å². The second kappa shape index (κ2) is 6.54. The molecule has 1 N–H and O–H groups in total. The summed E-state index contributed by atoms with van der Waals surface area (Å²) in [7, 11) is 0. The highest BCUT2D eigenvalue weighted by molar-refractivity contribution is 5.13. The molecule has 2 rings (SSSR count). The average molecular weight is 250 g/mol. The fraction of sp³-hybridized carbons (Fsp3) is 0.933. The number of nitriles is 1. The molecule has 18 heavy (non-hydrogen) atoms. The van der Waals surface area contributed by atoms with Crippen LogP contribution in [0.25, 0.3) is 0 Å². The first-order valence-electron chi connectivity index (χ1n) is 7.55. The lowest BCUT2D eigenvalue weighted by Crippen LogP contribution is -2.47. The van der Waals surface area contributed by atoms with E-state index in [9.17, 15) is 5.26 Å². The maximum absolute atomic E-state index is 9.45. The average Bonchev–Trinajstić information content (AvgIpc) is 3.12. The van der Waals surface area contributed by atoms with E-state index in [0.717, 1.165) is 38.5 Å². The quantitative estimate of drug-likeness (QED) is 0.674. The van der Waals surface area contributed by atoms with Crippen LogP contribution < -0.4 is 5.32 Å². The molecule has 2 saturated carbocycles. The van der Waals surface area contributed by atoms with Gasteiger partial charge in [0.25, 0.3) is 0 Å². The number of rotatable bonds is 8. The summed E-state index contributed by atoms with van der Waals surface area (Å²) in [5, 5.41) is 12.9. The predicted octanol–water partition coefficient (Wildman–Crippen LogP) is 2.87. The van der Waals surface area contributed by atoms with Gasteiger partial charge in [-0.05, 0) is 44.1 Å². The molecule has 0 spiro atoms. The van der Waals surface area contributed by atoms with Crippen molar-refractivity contribution in [3.63, 3.8) is 0 Å². The van der Waals surface area contributed by atoms with Gasteiger partial charge in [-0.25, -0.2) is 0 Å². The second-order valence-corrected chi connectivity index (χ2v) is 5.84. The highest BCUT2D eigenvalue weighted by Gasteiger charge is 2.42. The van der Waals surface area contributed by atoms with Gasteiger partial charge >= 0.3 is 0 Å². The monoisotopic (exact) mass is 250 g/mol. The summed E-state index contributed by atoms with van der Waals surface area (Å²) in [6.45, 7) is 4.71. The van der Waals surface area contributed by atoms with Crippen LogP contribution in [0.5, 0.6) is 0 Å². The lowest BCUT2D eigenvalue weighted by molar-refractivity contribution is 0.107. The Hall–Kier alpha value is -0.590. The molecule has 0 bridgehead atoms. The SMILES string of the molecule is CCNC1(C#N)CCCC1CCOCCC1CC1. The van der Waals surface area contributed by atoms with Gasteiger partial charge in [-0.1, -0.05) is 26.2 Å². The lowest BCUT2D eigenvalue weighted by atomic mass is 9.86. The van der Waals surface area contributed by atoms with Crippen molar-refractivity contribution in [2.24, 2.45) is 11.8 Å². The summed E-state index contributed by atoms with van der Waals surface area (Å²) < 4.78 is 5.73. The van der Waals surface area contributed by atoms with Crippen molar-refractivity contribution < 1.29 is 4.74 Å². The molecular weight excluding hydrogens is 224 g/mol. The molecule has 0 amide bonds. The van der Waals surface area contributed by atoms with Crippen molar-refractivity contribution in [2.45, 2.75) is 57.4 Å². The van der Waals surface area contributed by atoms with Crippen LogP contribution in [0, 0.1) is 23.2 Å². The van der Waals surface area contributed by atoms with Crippen LogP contribution in [0.4, 0.5) is 0 Å². The molecule has 2 unspecified atom stereocenters. The van der Waals surface area contributed by atoms with Crippen LogP contribution in [0.1, 0.15) is 51.9 Å². The van der Waals surface area contributed by atoms with Gasteiger partial charge in [0.15, 0.2) is 0 Å². The molecule has 102 valence electrons. The van der Waals surface area contributed by atoms with Crippen LogP contribution >= 0.6 is 0 Å². The smallest absolute Gasteiger partial charge is 0.109 e. The first kappa shape index (κ1) is 13.8. The fourth-order valence-electron chi connectivity index (χ4n) is 3.19. The highest BCUT2D eigenvalue weighted by Crippen LogP contribution is 2.37. The van der Waals surface area contributed by atoms with Gasteiger partial charge in [0.1, 0.15) is 5.54 Å². The Labute approximate surface area is 111 Å². The van der Waals surface area contributed by atoms with E-state index < -0.39 is 0 Å². The van der Waals surface area contributed by atoms with Gasteiger partial charge in [0.05, 0.1) is 6.07 Å². The lowest BCUT2D eigenvalue weighted by Gasteiger charge is -2.29. The van der Waals surface area contributed by atoms with E-state index in [1.54, 1.807) is 0 Å². The fourth-order valence-corrected chi connectivity index (χ4v) is 3.19. The minimum absolute atomic E-state index is 0.269. The zero-order valence-electron chi connectivity index (χ0n) is 11.6. The van der Waals surface area contributed by atoms with Crippen LogP contribution in [-0.4, -0.2) is 25.3 Å². The standard InChI is InChI=1S/C15H26N2O/c1-2-17-15(12-16)9-3-4-14(15)8-11-18-10-7-13-5-6-13/h13-14,17H,2-11H2,1H3. The number of ether oxygens (including phenoxy) is 1. The molecule has 2 fully saturated rings. The van der Waals surface area contributed by atoms with E-state index in [-0.39, 0.29) is 5.54 Å². The first-order chi connectivity index (χ1) is 8.80. The molecule has 0 aromatic rings. The van der Waals surface area contributed by atoms with Crippen LogP contribution in [0.15, 0.2) is 0 Å². The van der Waals surface area contributed by atoms with E-state index in [4.69, 9.17) is 4.74 Å². The zero-order valence-corrected chi connectivity index (χ0v) is 11.6. The first-order valence-corrected chi connectivity index (χ1v) is 7.55. The molecule has 0 aromatic heterocycles. The number of nitrogens with zero attached hydrogens (tertiary/aromatic N) is 1. The minimum atomic E-state index is -0.269. The summed E-state index contributed by atoms with van der Waals surface area (Å²) in [5.74, 6) is 1.43. The zero-order chi connectivity index (χ0) is 12.8. The van der Waals surface area contributed by atoms with E-state index in [1.807, 2.05) is 0 Å². The van der Waals surface area contributed by atoms with Gasteiger partial charge in [-0.2, -0.15) is 5.26 Å². The van der Waals surface area contributed by atoms with Crippen LogP contribution in [0.2, 0.25) is 0 Å². The summed E-state index contributed by atoms with van der Waals surface area (Å²) >= 11 is 0. The highest BCUT2D eigenvalue weighted by atomic mass is 16.5. The molecule has 3 heteroatoms. The van der Waals surface area contributed by atoms with Crippen molar-refractivity contribution >= 4 is 0 Å². The Kier molecular flexibility index (Phi) is 5.03. The number of hydrogen-bond donors (Lipinski definition) is 1. The van der Waals surface area contributed by atoms with Crippen molar-refractivity contribution in [3.05, 3.63) is 0 Å². The van der Waals surface area contributed by atoms with Gasteiger partial charge in [-0.3, -0.25) is 5.32 Å². The molecule has 2 atom stereocenters. The molecule has 2 aliphatic carbocycles. The predicted molar refractivity (Wildman–Crippen MR) is 72.1 cm³/mol. The maximum Gasteiger partial charge on any atom is 0.109 e. The largest absolute Gasteiger partial charge is 0.381 e. The Morgan fingerprint density at radius 3 is 2.72 bits per heavy atom. The summed E-state index contributed by atoms with van der Waals surface area (Å²) in [4.78, 5) is 0. The molecule has 0 saturated heterocycles. The van der Waals surface area contributed by atoms with Crippen molar-refractivity contribution in [3.8, 4) is 6.07 Å². The molecule has 0 aliphatic heterocycles. The Bertz CT molecular complexity index is 295. The second-order valence-electron chi connectivity index (χ2n) is 5.84. The maximum atomic E-state index is 9.45. The normalized spacial score (nSPS) is 31.4. The van der Waals surface area contributed by atoms with Gasteiger partial charge < -0.3 is 4.74 Å². The van der Waals surface area contributed by atoms with Gasteiger partial charge in [0, 0.05) is 13.2 Å². The van der Waals surface area contributed by atoms with Crippen LogP contribution in [-0.2, 0) is 4.74 Å². The molecule has 2 aliphatic rings. The van der Waals surface area contributed by atoms with E-state index in [0.29, 0.717) is 5.92 Å².